The molecule has 28 heavy (non-hydrogen) atoms. The molecular weight excluding hydrogens is 352 g/mol. The molecular formula is C22H32N4O2. The number of hydrogen-bond donors (Lipinski definition) is 1. The van der Waals surface area contributed by atoms with Crippen LogP contribution in [0, 0.1) is 10.8 Å². The largest absolute Gasteiger partial charge is 0.375 e. The molecule has 0 bridgehead atoms. The maximum Gasteiger partial charge on any atom is 0.252 e. The molecule has 0 saturated heterocycles. The summed E-state index contributed by atoms with van der Waals surface area (Å²) in [6.45, 7) is 9.71. The number of ether oxygens (including phenoxy) is 1. The van der Waals surface area contributed by atoms with E-state index in [1.54, 1.807) is 0 Å². The molecule has 1 aromatic heterocycles. The number of rotatable bonds is 4. The first-order valence-electron chi connectivity index (χ1n) is 10.5. The predicted octanol–water partition coefficient (Wildman–Crippen LogP) is 4.32. The number of nitrogens with one attached hydrogen (secondary N) is 1. The van der Waals surface area contributed by atoms with Crippen molar-refractivity contribution in [3.8, 4) is 0 Å². The zero-order chi connectivity index (χ0) is 19.9. The van der Waals surface area contributed by atoms with Crippen LogP contribution >= 0.6 is 0 Å². The van der Waals surface area contributed by atoms with Crippen LogP contribution in [-0.4, -0.2) is 39.4 Å². The molecule has 2 heterocycles. The Morgan fingerprint density at radius 2 is 1.96 bits per heavy atom. The van der Waals surface area contributed by atoms with E-state index in [9.17, 15) is 4.79 Å². The fourth-order valence-corrected chi connectivity index (χ4v) is 5.14. The summed E-state index contributed by atoms with van der Waals surface area (Å²) in [7, 11) is 0. The summed E-state index contributed by atoms with van der Waals surface area (Å²) >= 11 is 0. The van der Waals surface area contributed by atoms with E-state index in [-0.39, 0.29) is 34.8 Å². The Balaban J connectivity index is 1.44. The molecule has 2 atom stereocenters. The van der Waals surface area contributed by atoms with E-state index >= 15 is 0 Å². The van der Waals surface area contributed by atoms with E-state index in [2.05, 4.69) is 55.2 Å². The topological polar surface area (TPSA) is 69.0 Å². The number of carbonyl (C=O) groups is 1. The molecule has 1 aromatic rings. The van der Waals surface area contributed by atoms with E-state index in [4.69, 9.17) is 4.74 Å². The molecule has 3 aliphatic rings. The third-order valence-electron chi connectivity index (χ3n) is 6.45. The molecule has 1 aliphatic heterocycles. The van der Waals surface area contributed by atoms with Gasteiger partial charge in [0.1, 0.15) is 0 Å². The maximum absolute atomic E-state index is 12.6. The molecule has 4 rings (SSSR count). The fraction of sp³-hybridized carbons (Fsp3) is 0.682. The highest BCUT2D eigenvalue weighted by Gasteiger charge is 2.45. The van der Waals surface area contributed by atoms with Gasteiger partial charge in [-0.2, -0.15) is 9.67 Å². The molecule has 1 N–H and O–H groups in total. The van der Waals surface area contributed by atoms with E-state index in [0.29, 0.717) is 24.8 Å². The van der Waals surface area contributed by atoms with Crippen molar-refractivity contribution in [1.82, 2.24) is 14.8 Å². The van der Waals surface area contributed by atoms with Crippen LogP contribution in [0.1, 0.15) is 76.3 Å². The van der Waals surface area contributed by atoms with E-state index in [1.165, 1.54) is 23.9 Å². The molecule has 0 spiro atoms. The summed E-state index contributed by atoms with van der Waals surface area (Å²) in [5, 5.41) is 7.84. The number of carbonyl (C=O) groups excluding carboxylic acids is 1. The average molecular weight is 385 g/mol. The molecule has 1 fully saturated rings. The Morgan fingerprint density at radius 1 is 1.21 bits per heavy atom. The molecule has 2 unspecified atom stereocenters. The molecule has 1 saturated carbocycles. The minimum atomic E-state index is -0.0626. The molecule has 152 valence electrons. The third-order valence-corrected chi connectivity index (χ3v) is 6.45. The summed E-state index contributed by atoms with van der Waals surface area (Å²) in [5.41, 5.74) is 0.295. The van der Waals surface area contributed by atoms with Crippen molar-refractivity contribution in [1.29, 1.82) is 0 Å². The van der Waals surface area contributed by atoms with Crippen LogP contribution in [0.3, 0.4) is 0 Å². The molecule has 0 aromatic carbocycles. The average Bonchev–Trinajstić information content (AvgIpc) is 3.06. The van der Waals surface area contributed by atoms with Gasteiger partial charge >= 0.3 is 0 Å². The van der Waals surface area contributed by atoms with Crippen LogP contribution < -0.4 is 5.32 Å². The standard InChI is InChI=1S/C22H32N4O2/c1-21(2)11-8-12-22(3,4)19(21)28-14-16-13-17(27)26-20(23-16)24-18(25-26)15-9-6-5-7-10-15/h5-7,9,15-16,19H,8,10-14H2,1-4H3,(H,23,24,25). The van der Waals surface area contributed by atoms with E-state index in [1.807, 2.05) is 12.2 Å². The number of aromatic nitrogens is 3. The summed E-state index contributed by atoms with van der Waals surface area (Å²) in [6.07, 6.45) is 13.3. The van der Waals surface area contributed by atoms with Crippen molar-refractivity contribution in [2.45, 2.75) is 77.9 Å². The van der Waals surface area contributed by atoms with Crippen molar-refractivity contribution in [3.05, 3.63) is 30.1 Å². The van der Waals surface area contributed by atoms with Gasteiger partial charge in [-0.25, -0.2) is 0 Å². The monoisotopic (exact) mass is 384 g/mol. The minimum absolute atomic E-state index is 0.0152. The van der Waals surface area contributed by atoms with Crippen molar-refractivity contribution < 1.29 is 9.53 Å². The summed E-state index contributed by atoms with van der Waals surface area (Å²) < 4.78 is 7.87. The normalized spacial score (nSPS) is 28.8. The van der Waals surface area contributed by atoms with Gasteiger partial charge in [0.25, 0.3) is 5.91 Å². The lowest BCUT2D eigenvalue weighted by molar-refractivity contribution is -0.122. The third kappa shape index (κ3) is 3.66. The van der Waals surface area contributed by atoms with Crippen LogP contribution in [0.15, 0.2) is 24.3 Å². The van der Waals surface area contributed by atoms with Crippen molar-refractivity contribution in [3.63, 3.8) is 0 Å². The zero-order valence-corrected chi connectivity index (χ0v) is 17.4. The van der Waals surface area contributed by atoms with Gasteiger partial charge in [0.15, 0.2) is 5.82 Å². The van der Waals surface area contributed by atoms with E-state index in [0.717, 1.165) is 6.42 Å². The second-order valence-corrected chi connectivity index (χ2v) is 9.84. The van der Waals surface area contributed by atoms with Gasteiger partial charge in [0, 0.05) is 5.92 Å². The first-order valence-corrected chi connectivity index (χ1v) is 10.5. The number of allylic oxidation sites excluding steroid dienone is 4. The Bertz CT molecular complexity index is 789. The second kappa shape index (κ2) is 7.14. The van der Waals surface area contributed by atoms with Crippen molar-refractivity contribution >= 4 is 11.9 Å². The molecule has 0 amide bonds. The SMILES string of the molecule is CC1(C)CCCC(C)(C)C1OCC1CC(=O)n2nc(C3C=CC=CC3)nc2N1. The molecule has 6 heteroatoms. The van der Waals surface area contributed by atoms with Gasteiger partial charge in [-0.05, 0) is 30.1 Å². The number of fused-ring (bicyclic) bond motifs is 1. The van der Waals surface area contributed by atoms with Crippen molar-refractivity contribution in [2.75, 3.05) is 11.9 Å². The van der Waals surface area contributed by atoms with Crippen molar-refractivity contribution in [2.24, 2.45) is 10.8 Å². The first-order chi connectivity index (χ1) is 13.3. The Labute approximate surface area is 167 Å². The summed E-state index contributed by atoms with van der Waals surface area (Å²) in [6, 6.07) is -0.0626. The lowest BCUT2D eigenvalue weighted by Crippen LogP contribution is -2.49. The lowest BCUT2D eigenvalue weighted by atomic mass is 9.63. The highest BCUT2D eigenvalue weighted by atomic mass is 16.5. The first kappa shape index (κ1) is 19.4. The number of nitrogens with zero attached hydrogens (tertiary/aromatic N) is 3. The highest BCUT2D eigenvalue weighted by Crippen LogP contribution is 2.47. The Kier molecular flexibility index (Phi) is 4.94. The predicted molar refractivity (Wildman–Crippen MR) is 109 cm³/mol. The highest BCUT2D eigenvalue weighted by molar-refractivity contribution is 5.83. The van der Waals surface area contributed by atoms with Gasteiger partial charge < -0.3 is 10.1 Å². The molecule has 2 aliphatic carbocycles. The van der Waals surface area contributed by atoms with Crippen LogP contribution in [0.5, 0.6) is 0 Å². The van der Waals surface area contributed by atoms with Crippen LogP contribution in [0.4, 0.5) is 5.95 Å². The minimum Gasteiger partial charge on any atom is -0.375 e. The quantitative estimate of drug-likeness (QED) is 0.837. The van der Waals surface area contributed by atoms with Gasteiger partial charge in [0.2, 0.25) is 5.95 Å². The maximum atomic E-state index is 12.6. The summed E-state index contributed by atoms with van der Waals surface area (Å²) in [5.74, 6) is 1.37. The van der Waals surface area contributed by atoms with Gasteiger partial charge in [-0.1, -0.05) is 58.4 Å². The van der Waals surface area contributed by atoms with Gasteiger partial charge in [0.05, 0.1) is 25.2 Å². The van der Waals surface area contributed by atoms with Gasteiger partial charge in [-0.15, -0.1) is 5.10 Å². The van der Waals surface area contributed by atoms with Crippen LogP contribution in [0.2, 0.25) is 0 Å². The molecule has 6 nitrogen and oxygen atoms in total. The number of anilines is 1. The Hall–Kier alpha value is -1.95. The smallest absolute Gasteiger partial charge is 0.252 e. The van der Waals surface area contributed by atoms with Crippen LogP contribution in [-0.2, 0) is 4.74 Å². The second-order valence-electron chi connectivity index (χ2n) is 9.84. The summed E-state index contributed by atoms with van der Waals surface area (Å²) in [4.78, 5) is 17.2. The lowest BCUT2D eigenvalue weighted by Gasteiger charge is -2.49. The molecule has 0 radical (unpaired) electrons. The van der Waals surface area contributed by atoms with Gasteiger partial charge in [-0.3, -0.25) is 4.79 Å². The Morgan fingerprint density at radius 3 is 2.64 bits per heavy atom. The zero-order valence-electron chi connectivity index (χ0n) is 17.4. The fourth-order valence-electron chi connectivity index (χ4n) is 5.14. The van der Waals surface area contributed by atoms with Crippen LogP contribution in [0.25, 0.3) is 0 Å². The number of hydrogen-bond acceptors (Lipinski definition) is 5. The van der Waals surface area contributed by atoms with E-state index < -0.39 is 0 Å².